The fourth-order valence-corrected chi connectivity index (χ4v) is 1.20. The zero-order valence-corrected chi connectivity index (χ0v) is 9.66. The van der Waals surface area contributed by atoms with Crippen LogP contribution in [-0.2, 0) is 0 Å². The number of nitrogens with zero attached hydrogens (tertiary/aromatic N) is 2. The summed E-state index contributed by atoms with van der Waals surface area (Å²) < 4.78 is 0. The van der Waals surface area contributed by atoms with Crippen LogP contribution in [0, 0.1) is 19.8 Å². The highest BCUT2D eigenvalue weighted by Gasteiger charge is 2.10. The summed E-state index contributed by atoms with van der Waals surface area (Å²) in [6, 6.07) is 0. The summed E-state index contributed by atoms with van der Waals surface area (Å²) in [5.41, 5.74) is 1.28. The van der Waals surface area contributed by atoms with Gasteiger partial charge in [0, 0.05) is 12.7 Å². The van der Waals surface area contributed by atoms with Gasteiger partial charge in [0.2, 0.25) is 0 Å². The number of carbonyl (C=O) groups is 1. The van der Waals surface area contributed by atoms with Crippen molar-refractivity contribution in [2.24, 2.45) is 5.92 Å². The first-order chi connectivity index (χ1) is 7.00. The number of carbonyl (C=O) groups excluding carboxylic acids is 1. The predicted octanol–water partition coefficient (Wildman–Crippen LogP) is 1.48. The lowest BCUT2D eigenvalue weighted by molar-refractivity contribution is 0.0947. The summed E-state index contributed by atoms with van der Waals surface area (Å²) in [5.74, 6) is 1.04. The summed E-state index contributed by atoms with van der Waals surface area (Å²) in [7, 11) is 0. The highest BCUT2D eigenvalue weighted by atomic mass is 16.1. The molecule has 0 aliphatic carbocycles. The number of nitrogens with one attached hydrogen (secondary N) is 1. The van der Waals surface area contributed by atoms with Crippen LogP contribution in [0.15, 0.2) is 6.20 Å². The fraction of sp³-hybridized carbons (Fsp3) is 0.545. The average Bonchev–Trinajstić information content (AvgIpc) is 2.14. The molecule has 1 heterocycles. The van der Waals surface area contributed by atoms with E-state index in [0.717, 1.165) is 5.69 Å². The molecule has 1 rings (SSSR count). The second-order valence-electron chi connectivity index (χ2n) is 4.02. The first-order valence-corrected chi connectivity index (χ1v) is 5.09. The fourth-order valence-electron chi connectivity index (χ4n) is 1.20. The monoisotopic (exact) mass is 207 g/mol. The molecule has 0 bridgehead atoms. The highest BCUT2D eigenvalue weighted by Crippen LogP contribution is 2.03. The van der Waals surface area contributed by atoms with Crippen LogP contribution >= 0.6 is 0 Å². The molecule has 0 fully saturated rings. The number of aryl methyl sites for hydroxylation is 2. The van der Waals surface area contributed by atoms with E-state index >= 15 is 0 Å². The van der Waals surface area contributed by atoms with Crippen molar-refractivity contribution >= 4 is 5.91 Å². The molecule has 0 unspecified atom stereocenters. The van der Waals surface area contributed by atoms with Gasteiger partial charge >= 0.3 is 0 Å². The van der Waals surface area contributed by atoms with Crippen molar-refractivity contribution in [2.75, 3.05) is 6.54 Å². The lowest BCUT2D eigenvalue weighted by atomic mass is 10.2. The molecule has 0 spiro atoms. The van der Waals surface area contributed by atoms with Crippen LogP contribution in [0.4, 0.5) is 0 Å². The minimum Gasteiger partial charge on any atom is -0.352 e. The molecule has 15 heavy (non-hydrogen) atoms. The van der Waals surface area contributed by atoms with Crippen molar-refractivity contribution < 1.29 is 4.79 Å². The van der Waals surface area contributed by atoms with Crippen LogP contribution in [0.1, 0.15) is 35.7 Å². The Balaban J connectivity index is 2.74. The maximum absolute atomic E-state index is 11.7. The molecule has 0 atom stereocenters. The molecule has 0 aliphatic heterocycles. The Morgan fingerprint density at radius 1 is 1.47 bits per heavy atom. The Hall–Kier alpha value is -1.45. The van der Waals surface area contributed by atoms with Crippen molar-refractivity contribution in [3.8, 4) is 0 Å². The summed E-state index contributed by atoms with van der Waals surface area (Å²) in [6.07, 6.45) is 1.58. The SMILES string of the molecule is Cc1ncc(C(=O)NCC(C)C)c(C)n1. The van der Waals surface area contributed by atoms with E-state index in [9.17, 15) is 4.79 Å². The second-order valence-corrected chi connectivity index (χ2v) is 4.02. The molecular formula is C11H17N3O. The number of amides is 1. The summed E-state index contributed by atoms with van der Waals surface area (Å²) in [5, 5.41) is 2.84. The van der Waals surface area contributed by atoms with E-state index in [1.54, 1.807) is 6.20 Å². The summed E-state index contributed by atoms with van der Waals surface area (Å²) >= 11 is 0. The van der Waals surface area contributed by atoms with E-state index in [-0.39, 0.29) is 5.91 Å². The summed E-state index contributed by atoms with van der Waals surface area (Å²) in [6.45, 7) is 8.41. The van der Waals surface area contributed by atoms with E-state index in [4.69, 9.17) is 0 Å². The van der Waals surface area contributed by atoms with Crippen LogP contribution in [0.3, 0.4) is 0 Å². The number of hydrogen-bond donors (Lipinski definition) is 1. The predicted molar refractivity (Wildman–Crippen MR) is 58.7 cm³/mol. The van der Waals surface area contributed by atoms with Crippen LogP contribution in [0.2, 0.25) is 0 Å². The number of aromatic nitrogens is 2. The lowest BCUT2D eigenvalue weighted by Gasteiger charge is -2.08. The molecule has 0 aliphatic rings. The zero-order valence-electron chi connectivity index (χ0n) is 9.66. The van der Waals surface area contributed by atoms with Gasteiger partial charge in [0.25, 0.3) is 5.91 Å². The first kappa shape index (κ1) is 11.6. The first-order valence-electron chi connectivity index (χ1n) is 5.09. The normalized spacial score (nSPS) is 10.5. The Morgan fingerprint density at radius 2 is 2.13 bits per heavy atom. The molecule has 4 heteroatoms. The zero-order chi connectivity index (χ0) is 11.4. The molecule has 82 valence electrons. The van der Waals surface area contributed by atoms with Gasteiger partial charge in [-0.3, -0.25) is 4.79 Å². The van der Waals surface area contributed by atoms with Gasteiger partial charge < -0.3 is 5.32 Å². The molecular weight excluding hydrogens is 190 g/mol. The maximum atomic E-state index is 11.7. The third-order valence-electron chi connectivity index (χ3n) is 2.02. The van der Waals surface area contributed by atoms with Gasteiger partial charge in [0.05, 0.1) is 11.3 Å². The minimum absolute atomic E-state index is 0.0961. The van der Waals surface area contributed by atoms with Crippen molar-refractivity contribution in [3.05, 3.63) is 23.3 Å². The molecule has 0 radical (unpaired) electrons. The second kappa shape index (κ2) is 4.87. The molecule has 4 nitrogen and oxygen atoms in total. The van der Waals surface area contributed by atoms with Gasteiger partial charge in [-0.05, 0) is 19.8 Å². The minimum atomic E-state index is -0.0961. The van der Waals surface area contributed by atoms with Gasteiger partial charge in [0.1, 0.15) is 5.82 Å². The van der Waals surface area contributed by atoms with Gasteiger partial charge in [-0.1, -0.05) is 13.8 Å². The third kappa shape index (κ3) is 3.31. The molecule has 0 aromatic carbocycles. The lowest BCUT2D eigenvalue weighted by Crippen LogP contribution is -2.28. The average molecular weight is 207 g/mol. The molecule has 0 saturated heterocycles. The Bertz CT molecular complexity index is 361. The van der Waals surface area contributed by atoms with E-state index in [1.165, 1.54) is 0 Å². The molecule has 1 amide bonds. The molecule has 1 aromatic rings. The van der Waals surface area contributed by atoms with Crippen LogP contribution in [0.25, 0.3) is 0 Å². The van der Waals surface area contributed by atoms with E-state index in [0.29, 0.717) is 23.9 Å². The molecule has 1 aromatic heterocycles. The van der Waals surface area contributed by atoms with Gasteiger partial charge in [0.15, 0.2) is 0 Å². The number of rotatable bonds is 3. The molecule has 1 N–H and O–H groups in total. The van der Waals surface area contributed by atoms with Crippen LogP contribution in [-0.4, -0.2) is 22.4 Å². The molecule has 0 saturated carbocycles. The van der Waals surface area contributed by atoms with E-state index in [1.807, 2.05) is 13.8 Å². The van der Waals surface area contributed by atoms with Crippen molar-refractivity contribution in [3.63, 3.8) is 0 Å². The Labute approximate surface area is 90.1 Å². The summed E-state index contributed by atoms with van der Waals surface area (Å²) in [4.78, 5) is 19.9. The van der Waals surface area contributed by atoms with Crippen LogP contribution < -0.4 is 5.32 Å². The highest BCUT2D eigenvalue weighted by molar-refractivity contribution is 5.94. The quantitative estimate of drug-likeness (QED) is 0.816. The van der Waals surface area contributed by atoms with Crippen molar-refractivity contribution in [1.82, 2.24) is 15.3 Å². The van der Waals surface area contributed by atoms with Gasteiger partial charge in [-0.25, -0.2) is 9.97 Å². The Kier molecular flexibility index (Phi) is 3.77. The largest absolute Gasteiger partial charge is 0.352 e. The number of hydrogen-bond acceptors (Lipinski definition) is 3. The Morgan fingerprint density at radius 3 is 2.67 bits per heavy atom. The van der Waals surface area contributed by atoms with E-state index in [2.05, 4.69) is 29.1 Å². The van der Waals surface area contributed by atoms with Crippen LogP contribution in [0.5, 0.6) is 0 Å². The smallest absolute Gasteiger partial charge is 0.254 e. The van der Waals surface area contributed by atoms with Gasteiger partial charge in [-0.15, -0.1) is 0 Å². The third-order valence-corrected chi connectivity index (χ3v) is 2.02. The van der Waals surface area contributed by atoms with E-state index < -0.39 is 0 Å². The topological polar surface area (TPSA) is 54.9 Å². The van der Waals surface area contributed by atoms with Crippen molar-refractivity contribution in [1.29, 1.82) is 0 Å². The van der Waals surface area contributed by atoms with Crippen molar-refractivity contribution in [2.45, 2.75) is 27.7 Å². The standard InChI is InChI=1S/C11H17N3O/c1-7(2)5-13-11(15)10-6-12-9(4)14-8(10)3/h6-7H,5H2,1-4H3,(H,13,15). The maximum Gasteiger partial charge on any atom is 0.254 e. The van der Waals surface area contributed by atoms with Gasteiger partial charge in [-0.2, -0.15) is 0 Å².